The smallest absolute Gasteiger partial charge is 0.242 e. The van der Waals surface area contributed by atoms with Gasteiger partial charge in [0, 0.05) is 32.5 Å². The largest absolute Gasteiger partial charge is 0.374 e. The van der Waals surface area contributed by atoms with Crippen LogP contribution in [-0.2, 0) is 20.7 Å². The van der Waals surface area contributed by atoms with Crippen molar-refractivity contribution in [2.75, 3.05) is 32.8 Å². The molecule has 2 aromatic rings. The van der Waals surface area contributed by atoms with Crippen molar-refractivity contribution < 1.29 is 14.3 Å². The fraction of sp³-hybridized carbons (Fsp3) is 0.429. The van der Waals surface area contributed by atoms with Gasteiger partial charge in [0.25, 0.3) is 0 Å². The average molecular weight is 352 g/mol. The van der Waals surface area contributed by atoms with Crippen LogP contribution in [0.3, 0.4) is 0 Å². The van der Waals surface area contributed by atoms with Gasteiger partial charge in [0.05, 0.1) is 19.3 Å². The Morgan fingerprint density at radius 3 is 2.81 bits per heavy atom. The molecule has 0 unspecified atom stereocenters. The molecule has 2 aliphatic heterocycles. The van der Waals surface area contributed by atoms with E-state index in [1.807, 2.05) is 11.0 Å². The number of morpholine rings is 1. The molecular formula is C21H24N2O3. The predicted molar refractivity (Wildman–Crippen MR) is 99.8 cm³/mol. The summed E-state index contributed by atoms with van der Waals surface area (Å²) in [6.45, 7) is 2.65. The van der Waals surface area contributed by atoms with Gasteiger partial charge in [-0.25, -0.2) is 0 Å². The molecule has 0 saturated carbocycles. The van der Waals surface area contributed by atoms with Gasteiger partial charge in [0.1, 0.15) is 0 Å². The molecule has 2 saturated heterocycles. The summed E-state index contributed by atoms with van der Waals surface area (Å²) in [6, 6.07) is 14.7. The summed E-state index contributed by atoms with van der Waals surface area (Å²) in [5, 5.41) is 2.46. The van der Waals surface area contributed by atoms with Crippen molar-refractivity contribution in [2.45, 2.75) is 25.4 Å². The first-order valence-corrected chi connectivity index (χ1v) is 9.34. The second kappa shape index (κ2) is 7.46. The number of hydrogen-bond acceptors (Lipinski definition) is 3. The molecule has 5 nitrogen and oxygen atoms in total. The van der Waals surface area contributed by atoms with E-state index in [0.717, 1.165) is 12.8 Å². The average Bonchev–Trinajstić information content (AvgIpc) is 3.07. The molecule has 0 bridgehead atoms. The van der Waals surface area contributed by atoms with E-state index >= 15 is 0 Å². The molecule has 0 aliphatic carbocycles. The Morgan fingerprint density at radius 2 is 1.96 bits per heavy atom. The highest BCUT2D eigenvalue weighted by molar-refractivity contribution is 5.86. The number of rotatable bonds is 4. The Labute approximate surface area is 153 Å². The van der Waals surface area contributed by atoms with Crippen molar-refractivity contribution in [2.24, 2.45) is 0 Å². The molecular weight excluding hydrogens is 328 g/mol. The van der Waals surface area contributed by atoms with E-state index in [9.17, 15) is 9.59 Å². The normalized spacial score (nSPS) is 20.8. The quantitative estimate of drug-likeness (QED) is 0.848. The lowest BCUT2D eigenvalue weighted by Gasteiger charge is -2.34. The van der Waals surface area contributed by atoms with Crippen LogP contribution in [0.1, 0.15) is 18.4 Å². The van der Waals surface area contributed by atoms with Gasteiger partial charge in [-0.2, -0.15) is 0 Å². The number of ether oxygens (including phenoxy) is 1. The second-order valence-electron chi connectivity index (χ2n) is 7.09. The Morgan fingerprint density at radius 1 is 1.12 bits per heavy atom. The Balaban J connectivity index is 1.41. The van der Waals surface area contributed by atoms with E-state index in [2.05, 4.69) is 36.4 Å². The molecule has 0 radical (unpaired) electrons. The van der Waals surface area contributed by atoms with Crippen LogP contribution in [0.15, 0.2) is 42.5 Å². The Bertz CT molecular complexity index is 815. The molecule has 0 aromatic heterocycles. The van der Waals surface area contributed by atoms with E-state index in [1.54, 1.807) is 4.90 Å². The molecule has 2 amide bonds. The van der Waals surface area contributed by atoms with Crippen LogP contribution in [0.2, 0.25) is 0 Å². The molecule has 2 aliphatic rings. The number of hydrogen-bond donors (Lipinski definition) is 0. The molecule has 5 heteroatoms. The van der Waals surface area contributed by atoms with Crippen LogP contribution in [-0.4, -0.2) is 60.5 Å². The highest BCUT2D eigenvalue weighted by atomic mass is 16.5. The maximum Gasteiger partial charge on any atom is 0.242 e. The Hall–Kier alpha value is -2.40. The highest BCUT2D eigenvalue weighted by Crippen LogP contribution is 2.22. The second-order valence-corrected chi connectivity index (χ2v) is 7.09. The first-order chi connectivity index (χ1) is 12.7. The van der Waals surface area contributed by atoms with Gasteiger partial charge in [-0.05, 0) is 22.8 Å². The first-order valence-electron chi connectivity index (χ1n) is 9.34. The zero-order valence-electron chi connectivity index (χ0n) is 14.9. The molecule has 0 spiro atoms. The number of carbonyl (C=O) groups excluding carboxylic acids is 2. The summed E-state index contributed by atoms with van der Waals surface area (Å²) < 4.78 is 5.93. The molecule has 2 fully saturated rings. The van der Waals surface area contributed by atoms with Crippen LogP contribution in [0.25, 0.3) is 10.8 Å². The van der Waals surface area contributed by atoms with Crippen LogP contribution in [0.5, 0.6) is 0 Å². The summed E-state index contributed by atoms with van der Waals surface area (Å²) in [6.07, 6.45) is 2.21. The monoisotopic (exact) mass is 352 g/mol. The molecule has 2 aromatic carbocycles. The number of fused-ring (bicyclic) bond motifs is 1. The fourth-order valence-corrected chi connectivity index (χ4v) is 3.92. The lowest BCUT2D eigenvalue weighted by molar-refractivity contribution is -0.143. The van der Waals surface area contributed by atoms with Crippen molar-refractivity contribution in [1.82, 2.24) is 9.80 Å². The summed E-state index contributed by atoms with van der Waals surface area (Å²) in [5.74, 6) is 0.130. The summed E-state index contributed by atoms with van der Waals surface area (Å²) in [5.41, 5.74) is 1.25. The standard InChI is InChI=1S/C21H24N2O3/c24-20-9-4-10-22(20)15-21(25)23-11-12-26-18(14-23)13-17-7-3-6-16-5-1-2-8-19(16)17/h1-3,5-8,18H,4,9-15H2/t18-/m0/s1. The zero-order chi connectivity index (χ0) is 17.9. The maximum atomic E-state index is 12.6. The van der Waals surface area contributed by atoms with Crippen molar-refractivity contribution in [3.63, 3.8) is 0 Å². The van der Waals surface area contributed by atoms with Crippen molar-refractivity contribution in [3.05, 3.63) is 48.0 Å². The van der Waals surface area contributed by atoms with Crippen LogP contribution >= 0.6 is 0 Å². The zero-order valence-corrected chi connectivity index (χ0v) is 14.9. The van der Waals surface area contributed by atoms with E-state index in [0.29, 0.717) is 32.7 Å². The minimum absolute atomic E-state index is 0.00668. The first kappa shape index (κ1) is 17.0. The lowest BCUT2D eigenvalue weighted by atomic mass is 9.99. The van der Waals surface area contributed by atoms with E-state index in [4.69, 9.17) is 4.74 Å². The topological polar surface area (TPSA) is 49.9 Å². The maximum absolute atomic E-state index is 12.6. The van der Waals surface area contributed by atoms with Gasteiger partial charge in [0.2, 0.25) is 11.8 Å². The van der Waals surface area contributed by atoms with E-state index < -0.39 is 0 Å². The predicted octanol–water partition coefficient (Wildman–Crippen LogP) is 2.23. The Kier molecular flexibility index (Phi) is 4.89. The molecule has 4 rings (SSSR count). The van der Waals surface area contributed by atoms with Gasteiger partial charge in [-0.15, -0.1) is 0 Å². The number of benzene rings is 2. The summed E-state index contributed by atoms with van der Waals surface area (Å²) in [4.78, 5) is 27.9. The minimum Gasteiger partial charge on any atom is -0.374 e. The SMILES string of the molecule is O=C1CCCN1CC(=O)N1CCO[C@@H](Cc2cccc3ccccc23)C1. The van der Waals surface area contributed by atoms with Gasteiger partial charge in [-0.3, -0.25) is 9.59 Å². The molecule has 1 atom stereocenters. The van der Waals surface area contributed by atoms with Gasteiger partial charge >= 0.3 is 0 Å². The third-order valence-electron chi connectivity index (χ3n) is 5.32. The molecule has 26 heavy (non-hydrogen) atoms. The van der Waals surface area contributed by atoms with Crippen LogP contribution < -0.4 is 0 Å². The van der Waals surface area contributed by atoms with Crippen molar-refractivity contribution in [1.29, 1.82) is 0 Å². The van der Waals surface area contributed by atoms with E-state index in [1.165, 1.54) is 16.3 Å². The third kappa shape index (κ3) is 3.58. The minimum atomic E-state index is -0.00668. The number of nitrogens with zero attached hydrogens (tertiary/aromatic N) is 2. The van der Waals surface area contributed by atoms with Gasteiger partial charge < -0.3 is 14.5 Å². The molecule has 2 heterocycles. The molecule has 136 valence electrons. The number of amides is 2. The summed E-state index contributed by atoms with van der Waals surface area (Å²) >= 11 is 0. The van der Waals surface area contributed by atoms with Crippen LogP contribution in [0, 0.1) is 0 Å². The van der Waals surface area contributed by atoms with Crippen LogP contribution in [0.4, 0.5) is 0 Å². The van der Waals surface area contributed by atoms with Crippen molar-refractivity contribution >= 4 is 22.6 Å². The number of likely N-dealkylation sites (tertiary alicyclic amines) is 1. The lowest BCUT2D eigenvalue weighted by Crippen LogP contribution is -2.49. The van der Waals surface area contributed by atoms with Gasteiger partial charge in [-0.1, -0.05) is 42.5 Å². The highest BCUT2D eigenvalue weighted by Gasteiger charge is 2.28. The van der Waals surface area contributed by atoms with Crippen molar-refractivity contribution in [3.8, 4) is 0 Å². The number of carbonyl (C=O) groups is 2. The molecule has 0 N–H and O–H groups in total. The van der Waals surface area contributed by atoms with E-state index in [-0.39, 0.29) is 24.5 Å². The van der Waals surface area contributed by atoms with Gasteiger partial charge in [0.15, 0.2) is 0 Å². The third-order valence-corrected chi connectivity index (χ3v) is 5.32. The summed E-state index contributed by atoms with van der Waals surface area (Å²) in [7, 11) is 0. The fourth-order valence-electron chi connectivity index (χ4n) is 3.92.